The van der Waals surface area contributed by atoms with Gasteiger partial charge in [0.25, 0.3) is 0 Å². The minimum absolute atomic E-state index is 0.0875. The zero-order valence-electron chi connectivity index (χ0n) is 10.0. The molecule has 0 heterocycles. The lowest BCUT2D eigenvalue weighted by atomic mass is 9.97. The molecule has 0 aliphatic rings. The molecule has 0 saturated heterocycles. The Morgan fingerprint density at radius 2 is 1.89 bits per heavy atom. The van der Waals surface area contributed by atoms with E-state index in [2.05, 4.69) is 0 Å². The molecule has 1 atom stereocenters. The number of aliphatic hydroxyl groups excluding tert-OH is 1. The lowest BCUT2D eigenvalue weighted by Crippen LogP contribution is -2.05. The molecule has 0 aliphatic heterocycles. The Hall–Kier alpha value is -1.38. The van der Waals surface area contributed by atoms with Crippen LogP contribution in [0.5, 0.6) is 0 Å². The molecule has 1 nitrogen and oxygen atoms in total. The summed E-state index contributed by atoms with van der Waals surface area (Å²) in [4.78, 5) is 0. The summed E-state index contributed by atoms with van der Waals surface area (Å²) in [6, 6.07) is 12.4. The van der Waals surface area contributed by atoms with Gasteiger partial charge in [-0.15, -0.1) is 0 Å². The van der Waals surface area contributed by atoms with Crippen LogP contribution in [-0.4, -0.2) is 5.11 Å². The fourth-order valence-electron chi connectivity index (χ4n) is 1.99. The van der Waals surface area contributed by atoms with E-state index in [1.54, 1.807) is 12.1 Å². The van der Waals surface area contributed by atoms with Crippen LogP contribution >= 0.6 is 11.6 Å². The Labute approximate surface area is 111 Å². The fourth-order valence-corrected chi connectivity index (χ4v) is 2.18. The van der Waals surface area contributed by atoms with E-state index in [4.69, 9.17) is 11.6 Å². The minimum atomic E-state index is -0.723. The molecule has 1 unspecified atom stereocenters. The third kappa shape index (κ3) is 2.71. The molecule has 0 aromatic heterocycles. The Morgan fingerprint density at radius 1 is 1.17 bits per heavy atom. The topological polar surface area (TPSA) is 20.2 Å². The Morgan fingerprint density at radius 3 is 2.61 bits per heavy atom. The first-order valence-corrected chi connectivity index (χ1v) is 6.14. The van der Waals surface area contributed by atoms with E-state index in [-0.39, 0.29) is 11.4 Å². The highest BCUT2D eigenvalue weighted by atomic mass is 35.5. The van der Waals surface area contributed by atoms with E-state index in [0.29, 0.717) is 5.56 Å². The van der Waals surface area contributed by atoms with E-state index in [1.165, 1.54) is 6.07 Å². The molecule has 0 fully saturated rings. The minimum Gasteiger partial charge on any atom is -0.388 e. The van der Waals surface area contributed by atoms with E-state index in [0.717, 1.165) is 11.1 Å². The lowest BCUT2D eigenvalue weighted by Gasteiger charge is -2.14. The average molecular weight is 265 g/mol. The number of aliphatic hydroxyl groups is 1. The quantitative estimate of drug-likeness (QED) is 0.886. The van der Waals surface area contributed by atoms with Crippen LogP contribution in [0.25, 0.3) is 0 Å². The molecule has 1 N–H and O–H groups in total. The summed E-state index contributed by atoms with van der Waals surface area (Å²) in [7, 11) is 0. The van der Waals surface area contributed by atoms with E-state index in [9.17, 15) is 9.50 Å². The van der Waals surface area contributed by atoms with Crippen molar-refractivity contribution in [1.82, 2.24) is 0 Å². The maximum Gasteiger partial charge on any atom is 0.145 e. The molecule has 0 amide bonds. The first-order valence-electron chi connectivity index (χ1n) is 5.76. The zero-order chi connectivity index (χ0) is 13.1. The van der Waals surface area contributed by atoms with Gasteiger partial charge in [0, 0.05) is 6.42 Å². The van der Waals surface area contributed by atoms with Gasteiger partial charge in [-0.1, -0.05) is 48.0 Å². The number of rotatable bonds is 3. The molecule has 0 aliphatic carbocycles. The van der Waals surface area contributed by atoms with E-state index >= 15 is 0 Å². The molecule has 0 saturated carbocycles. The summed E-state index contributed by atoms with van der Waals surface area (Å²) in [5.41, 5.74) is 2.24. The van der Waals surface area contributed by atoms with Crippen LogP contribution in [0.1, 0.15) is 22.8 Å². The second-order valence-electron chi connectivity index (χ2n) is 4.29. The number of benzene rings is 2. The van der Waals surface area contributed by atoms with Gasteiger partial charge in [0.05, 0.1) is 11.1 Å². The van der Waals surface area contributed by atoms with Crippen LogP contribution in [-0.2, 0) is 6.42 Å². The standard InChI is InChI=1S/C15H14ClFO/c1-10-5-2-3-7-12(10)14(18)9-11-6-4-8-13(16)15(11)17/h2-8,14,18H,9H2,1H3. The average Bonchev–Trinajstić information content (AvgIpc) is 2.35. The van der Waals surface area contributed by atoms with Crippen LogP contribution in [0.2, 0.25) is 5.02 Å². The summed E-state index contributed by atoms with van der Waals surface area (Å²) >= 11 is 5.72. The van der Waals surface area contributed by atoms with Crippen molar-refractivity contribution < 1.29 is 9.50 Å². The number of hydrogen-bond acceptors (Lipinski definition) is 1. The maximum absolute atomic E-state index is 13.7. The van der Waals surface area contributed by atoms with Gasteiger partial charge in [-0.25, -0.2) is 4.39 Å². The molecule has 94 valence electrons. The second-order valence-corrected chi connectivity index (χ2v) is 4.70. The van der Waals surface area contributed by atoms with Crippen molar-refractivity contribution in [3.63, 3.8) is 0 Å². The monoisotopic (exact) mass is 264 g/mol. The summed E-state index contributed by atoms with van der Waals surface area (Å²) in [6.45, 7) is 1.92. The van der Waals surface area contributed by atoms with Crippen LogP contribution < -0.4 is 0 Å². The van der Waals surface area contributed by atoms with E-state index < -0.39 is 11.9 Å². The highest BCUT2D eigenvalue weighted by Crippen LogP contribution is 2.25. The zero-order valence-corrected chi connectivity index (χ0v) is 10.8. The second kappa shape index (κ2) is 5.51. The molecule has 2 rings (SSSR count). The Balaban J connectivity index is 2.24. The lowest BCUT2D eigenvalue weighted by molar-refractivity contribution is 0.176. The summed E-state index contributed by atoms with van der Waals surface area (Å²) in [5.74, 6) is -0.452. The molecule has 2 aromatic rings. The predicted molar refractivity (Wildman–Crippen MR) is 71.3 cm³/mol. The fraction of sp³-hybridized carbons (Fsp3) is 0.200. The highest BCUT2D eigenvalue weighted by molar-refractivity contribution is 6.30. The third-order valence-corrected chi connectivity index (χ3v) is 3.28. The van der Waals surface area contributed by atoms with Gasteiger partial charge in [-0.3, -0.25) is 0 Å². The summed E-state index contributed by atoms with van der Waals surface area (Å²) in [5, 5.41) is 10.2. The van der Waals surface area contributed by atoms with Gasteiger partial charge in [0.15, 0.2) is 0 Å². The van der Waals surface area contributed by atoms with Crippen LogP contribution in [0.15, 0.2) is 42.5 Å². The highest BCUT2D eigenvalue weighted by Gasteiger charge is 2.14. The Bertz CT molecular complexity index is 554. The van der Waals surface area contributed by atoms with Gasteiger partial charge < -0.3 is 5.11 Å². The van der Waals surface area contributed by atoms with Crippen molar-refractivity contribution in [3.8, 4) is 0 Å². The van der Waals surface area contributed by atoms with Gasteiger partial charge in [0.2, 0.25) is 0 Å². The van der Waals surface area contributed by atoms with Crippen LogP contribution in [0.4, 0.5) is 4.39 Å². The first kappa shape index (κ1) is 13.1. The normalized spacial score (nSPS) is 12.4. The summed E-state index contributed by atoms with van der Waals surface area (Å²) < 4.78 is 13.7. The molecule has 0 radical (unpaired) electrons. The number of hydrogen-bond donors (Lipinski definition) is 1. The molecule has 2 aromatic carbocycles. The van der Waals surface area contributed by atoms with Crippen molar-refractivity contribution in [3.05, 3.63) is 70.0 Å². The van der Waals surface area contributed by atoms with Crippen molar-refractivity contribution in [1.29, 1.82) is 0 Å². The molecular formula is C15H14ClFO. The molecule has 0 spiro atoms. The largest absolute Gasteiger partial charge is 0.388 e. The molecular weight excluding hydrogens is 251 g/mol. The van der Waals surface area contributed by atoms with Crippen molar-refractivity contribution in [2.24, 2.45) is 0 Å². The molecule has 3 heteroatoms. The predicted octanol–water partition coefficient (Wildman–Crippen LogP) is 4.06. The maximum atomic E-state index is 13.7. The third-order valence-electron chi connectivity index (χ3n) is 2.99. The van der Waals surface area contributed by atoms with Gasteiger partial charge in [-0.2, -0.15) is 0 Å². The van der Waals surface area contributed by atoms with E-state index in [1.807, 2.05) is 31.2 Å². The number of halogens is 2. The molecule has 18 heavy (non-hydrogen) atoms. The number of aryl methyl sites for hydroxylation is 1. The first-order chi connectivity index (χ1) is 8.59. The smallest absolute Gasteiger partial charge is 0.145 e. The molecule has 0 bridgehead atoms. The van der Waals surface area contributed by atoms with Gasteiger partial charge in [-0.05, 0) is 29.7 Å². The van der Waals surface area contributed by atoms with Gasteiger partial charge >= 0.3 is 0 Å². The van der Waals surface area contributed by atoms with Crippen molar-refractivity contribution in [2.45, 2.75) is 19.4 Å². The Kier molecular flexibility index (Phi) is 4.00. The van der Waals surface area contributed by atoms with Crippen molar-refractivity contribution >= 4 is 11.6 Å². The van der Waals surface area contributed by atoms with Crippen molar-refractivity contribution in [2.75, 3.05) is 0 Å². The van der Waals surface area contributed by atoms with Crippen LogP contribution in [0.3, 0.4) is 0 Å². The SMILES string of the molecule is Cc1ccccc1C(O)Cc1cccc(Cl)c1F. The van der Waals surface area contributed by atoms with Crippen LogP contribution in [0, 0.1) is 12.7 Å². The van der Waals surface area contributed by atoms with Gasteiger partial charge in [0.1, 0.15) is 5.82 Å². The summed E-state index contributed by atoms with van der Waals surface area (Å²) in [6.07, 6.45) is -0.504.